The molecule has 4 rings (SSSR count). The Morgan fingerprint density at radius 1 is 1.26 bits per heavy atom. The fourth-order valence-electron chi connectivity index (χ4n) is 3.74. The number of carbonyl (C=O) groups excluding carboxylic acids is 1. The van der Waals surface area contributed by atoms with Crippen LogP contribution in [0.25, 0.3) is 11.3 Å². The van der Waals surface area contributed by atoms with Gasteiger partial charge in [-0.3, -0.25) is 14.2 Å². The number of nitrogens with zero attached hydrogens (tertiary/aromatic N) is 4. The Labute approximate surface area is 202 Å². The van der Waals surface area contributed by atoms with Crippen molar-refractivity contribution >= 4 is 23.1 Å². The van der Waals surface area contributed by atoms with E-state index < -0.39 is 5.97 Å². The lowest BCUT2D eigenvalue weighted by Crippen LogP contribution is -2.23. The molecule has 3 N–H and O–H groups in total. The number of aromatic nitrogens is 4. The highest BCUT2D eigenvalue weighted by Crippen LogP contribution is 2.24. The zero-order chi connectivity index (χ0) is 24.9. The summed E-state index contributed by atoms with van der Waals surface area (Å²) in [5.74, 6) is -1.31. The molecule has 9 nitrogen and oxygen atoms in total. The van der Waals surface area contributed by atoms with E-state index in [0.29, 0.717) is 6.54 Å². The number of hydrogen-bond donors (Lipinski definition) is 3. The summed E-state index contributed by atoms with van der Waals surface area (Å²) in [5.41, 5.74) is 6.02. The van der Waals surface area contributed by atoms with E-state index in [0.717, 1.165) is 33.7 Å². The van der Waals surface area contributed by atoms with Gasteiger partial charge in [0.1, 0.15) is 0 Å². The maximum atomic E-state index is 12.7. The van der Waals surface area contributed by atoms with Gasteiger partial charge in [-0.15, -0.1) is 0 Å². The lowest BCUT2D eigenvalue weighted by Gasteiger charge is -2.04. The Balaban J connectivity index is 1.49. The van der Waals surface area contributed by atoms with Crippen molar-refractivity contribution in [3.8, 4) is 0 Å². The Bertz CT molecular complexity index is 1370. The maximum absolute atomic E-state index is 12.7. The molecule has 0 saturated heterocycles. The highest BCUT2D eigenvalue weighted by atomic mass is 16.4. The second kappa shape index (κ2) is 10.1. The number of carboxylic acids is 1. The van der Waals surface area contributed by atoms with E-state index in [1.807, 2.05) is 31.6 Å². The van der Waals surface area contributed by atoms with E-state index in [-0.39, 0.29) is 23.7 Å². The van der Waals surface area contributed by atoms with Gasteiger partial charge in [0, 0.05) is 50.2 Å². The first-order valence-corrected chi connectivity index (χ1v) is 11.0. The second-order valence-electron chi connectivity index (χ2n) is 8.11. The molecule has 0 atom stereocenters. The molecule has 0 saturated carbocycles. The third-order valence-corrected chi connectivity index (χ3v) is 5.53. The number of carboxylic acid groups (broad SMARTS) is 1. The Hall–Kier alpha value is -4.66. The van der Waals surface area contributed by atoms with Crippen molar-refractivity contribution in [2.24, 2.45) is 14.1 Å². The zero-order valence-corrected chi connectivity index (χ0v) is 19.5. The van der Waals surface area contributed by atoms with Crippen LogP contribution in [0.1, 0.15) is 37.7 Å². The van der Waals surface area contributed by atoms with Crippen molar-refractivity contribution in [2.45, 2.75) is 6.54 Å². The summed E-state index contributed by atoms with van der Waals surface area (Å²) in [6.45, 7) is 4.76. The fraction of sp³-hybridized carbons (Fsp3) is 0.154. The monoisotopic (exact) mass is 470 g/mol. The molecule has 9 heteroatoms. The highest BCUT2D eigenvalue weighted by Gasteiger charge is 2.17. The molecule has 1 amide bonds. The van der Waals surface area contributed by atoms with Gasteiger partial charge in [-0.25, -0.2) is 4.79 Å². The van der Waals surface area contributed by atoms with Crippen LogP contribution in [-0.2, 0) is 20.6 Å². The number of benzene rings is 1. The lowest BCUT2D eigenvalue weighted by molar-refractivity contribution is 0.0696. The Morgan fingerprint density at radius 3 is 2.69 bits per heavy atom. The summed E-state index contributed by atoms with van der Waals surface area (Å²) in [6.07, 6.45) is 11.5. The van der Waals surface area contributed by atoms with E-state index in [9.17, 15) is 9.59 Å². The molecule has 1 aliphatic rings. The summed E-state index contributed by atoms with van der Waals surface area (Å²) >= 11 is 0. The Kier molecular flexibility index (Phi) is 6.77. The van der Waals surface area contributed by atoms with Gasteiger partial charge in [-0.2, -0.15) is 10.2 Å². The number of aryl methyl sites for hydroxylation is 2. The number of allylic oxidation sites excluding steroid dienone is 4. The van der Waals surface area contributed by atoms with Crippen molar-refractivity contribution in [1.82, 2.24) is 30.2 Å². The quantitative estimate of drug-likeness (QED) is 0.436. The van der Waals surface area contributed by atoms with E-state index >= 15 is 0 Å². The average Bonchev–Trinajstić information content (AvgIpc) is 3.57. The number of nitrogens with one attached hydrogen (secondary N) is 2. The average molecular weight is 471 g/mol. The number of hydrogen-bond acceptors (Lipinski definition) is 5. The van der Waals surface area contributed by atoms with Gasteiger partial charge < -0.3 is 15.7 Å². The Morgan fingerprint density at radius 2 is 2.03 bits per heavy atom. The summed E-state index contributed by atoms with van der Waals surface area (Å²) in [5, 5.41) is 23.8. The van der Waals surface area contributed by atoms with Gasteiger partial charge >= 0.3 is 5.97 Å². The fourth-order valence-corrected chi connectivity index (χ4v) is 3.74. The topological polar surface area (TPSA) is 114 Å². The minimum atomic E-state index is -0.989. The molecule has 0 spiro atoms. The molecule has 3 aromatic rings. The predicted octanol–water partition coefficient (Wildman–Crippen LogP) is 2.92. The van der Waals surface area contributed by atoms with Crippen LogP contribution < -0.4 is 10.6 Å². The van der Waals surface area contributed by atoms with E-state index in [4.69, 9.17) is 5.11 Å². The molecule has 178 valence electrons. The maximum Gasteiger partial charge on any atom is 0.335 e. The SMILES string of the molecule is C=C/C=C(\C=C1\C=C(c2cnn(C)c2)NC1)c1cc(C(=O)NCc2ccc(C(=O)O)cc2)nn1C. The largest absolute Gasteiger partial charge is 0.478 e. The van der Waals surface area contributed by atoms with Gasteiger partial charge in [-0.1, -0.05) is 30.9 Å². The molecule has 1 aromatic carbocycles. The van der Waals surface area contributed by atoms with Gasteiger partial charge in [0.15, 0.2) is 5.69 Å². The van der Waals surface area contributed by atoms with E-state index in [2.05, 4.69) is 33.5 Å². The van der Waals surface area contributed by atoms with Crippen LogP contribution in [0, 0.1) is 0 Å². The van der Waals surface area contributed by atoms with Crippen molar-refractivity contribution in [1.29, 1.82) is 0 Å². The standard InChI is InChI=1S/C26H26N6O3/c1-4-5-20(10-18-11-22(27-14-18)21-15-29-31(2)16-21)24-12-23(30-32(24)3)25(33)28-13-17-6-8-19(9-7-17)26(34)35/h4-12,15-16,27H,1,13-14H2,2-3H3,(H,28,33)(H,34,35)/b18-10-,20-5+. The van der Waals surface area contributed by atoms with Crippen LogP contribution in [-0.4, -0.2) is 43.1 Å². The lowest BCUT2D eigenvalue weighted by atomic mass is 10.1. The molecule has 1 aliphatic heterocycles. The van der Waals surface area contributed by atoms with E-state index in [1.165, 1.54) is 12.1 Å². The number of carbonyl (C=O) groups is 2. The first-order valence-electron chi connectivity index (χ1n) is 11.0. The molecule has 0 unspecified atom stereocenters. The molecule has 0 bridgehead atoms. The predicted molar refractivity (Wildman–Crippen MR) is 133 cm³/mol. The van der Waals surface area contributed by atoms with Gasteiger partial charge in [0.05, 0.1) is 17.5 Å². The molecule has 2 aromatic heterocycles. The molecule has 3 heterocycles. The van der Waals surface area contributed by atoms with E-state index in [1.54, 1.807) is 40.7 Å². The zero-order valence-electron chi connectivity index (χ0n) is 19.5. The van der Waals surface area contributed by atoms with Crippen LogP contribution >= 0.6 is 0 Å². The minimum Gasteiger partial charge on any atom is -0.478 e. The molecule has 0 aliphatic carbocycles. The molecular weight excluding hydrogens is 444 g/mol. The van der Waals surface area contributed by atoms with Crippen LogP contribution in [0.3, 0.4) is 0 Å². The molecule has 35 heavy (non-hydrogen) atoms. The summed E-state index contributed by atoms with van der Waals surface area (Å²) in [7, 11) is 3.67. The number of rotatable bonds is 8. The smallest absolute Gasteiger partial charge is 0.335 e. The molecular formula is C26H26N6O3. The summed E-state index contributed by atoms with van der Waals surface area (Å²) in [4.78, 5) is 23.7. The van der Waals surface area contributed by atoms with Crippen LogP contribution in [0.5, 0.6) is 0 Å². The molecule has 0 fully saturated rings. The number of amides is 1. The third-order valence-electron chi connectivity index (χ3n) is 5.53. The van der Waals surface area contributed by atoms with Gasteiger partial charge in [0.25, 0.3) is 5.91 Å². The summed E-state index contributed by atoms with van der Waals surface area (Å²) < 4.78 is 3.42. The first-order chi connectivity index (χ1) is 16.8. The number of aromatic carboxylic acids is 1. The van der Waals surface area contributed by atoms with Crippen LogP contribution in [0.15, 0.2) is 79.2 Å². The highest BCUT2D eigenvalue weighted by molar-refractivity contribution is 5.93. The second-order valence-corrected chi connectivity index (χ2v) is 8.11. The summed E-state index contributed by atoms with van der Waals surface area (Å²) in [6, 6.07) is 8.10. The van der Waals surface area contributed by atoms with Gasteiger partial charge in [-0.05, 0) is 41.5 Å². The van der Waals surface area contributed by atoms with Crippen LogP contribution in [0.2, 0.25) is 0 Å². The van der Waals surface area contributed by atoms with Crippen molar-refractivity contribution in [2.75, 3.05) is 6.54 Å². The normalized spacial score (nSPS) is 14.5. The van der Waals surface area contributed by atoms with Crippen molar-refractivity contribution in [3.63, 3.8) is 0 Å². The minimum absolute atomic E-state index is 0.199. The molecule has 0 radical (unpaired) electrons. The van der Waals surface area contributed by atoms with Gasteiger partial charge in [0.2, 0.25) is 0 Å². The van der Waals surface area contributed by atoms with Crippen molar-refractivity contribution < 1.29 is 14.7 Å². The van der Waals surface area contributed by atoms with Crippen molar-refractivity contribution in [3.05, 3.63) is 107 Å². The van der Waals surface area contributed by atoms with Crippen LogP contribution in [0.4, 0.5) is 0 Å². The third kappa shape index (κ3) is 5.47. The first kappa shape index (κ1) is 23.5.